The zero-order valence-electron chi connectivity index (χ0n) is 13.6. The van der Waals surface area contributed by atoms with Crippen LogP contribution < -0.4 is 0 Å². The summed E-state index contributed by atoms with van der Waals surface area (Å²) in [6, 6.07) is 5.11. The molecule has 0 aromatic heterocycles. The highest BCUT2D eigenvalue weighted by atomic mass is 32.2. The van der Waals surface area contributed by atoms with Crippen molar-refractivity contribution in [3.05, 3.63) is 42.0 Å². The van der Waals surface area contributed by atoms with Crippen molar-refractivity contribution >= 4 is 17.5 Å². The summed E-state index contributed by atoms with van der Waals surface area (Å²) >= 11 is 1.47. The molecule has 0 spiro atoms. The molecule has 0 radical (unpaired) electrons. The number of benzene rings is 1. The highest BCUT2D eigenvalue weighted by Crippen LogP contribution is 2.32. The molecule has 0 bridgehead atoms. The van der Waals surface area contributed by atoms with Gasteiger partial charge in [0.25, 0.3) is 0 Å². The fourth-order valence-electron chi connectivity index (χ4n) is 1.40. The molecule has 5 heteroatoms. The van der Waals surface area contributed by atoms with Crippen molar-refractivity contribution < 1.29 is 18.0 Å². The Kier molecular flexibility index (Phi) is 8.53. The summed E-state index contributed by atoms with van der Waals surface area (Å²) in [4.78, 5) is 11.7. The highest BCUT2D eigenvalue weighted by molar-refractivity contribution is 7.99. The Hall–Kier alpha value is -1.23. The van der Waals surface area contributed by atoms with E-state index in [1.165, 1.54) is 36.9 Å². The lowest BCUT2D eigenvalue weighted by molar-refractivity contribution is -0.137. The molecule has 0 aliphatic carbocycles. The predicted molar refractivity (Wildman–Crippen MR) is 87.1 cm³/mol. The standard InChI is InChI=1S/C15H17F3OS.C2H6/c1-11(19)8-9-14(2,3)10-20-13-6-4-12(5-7-13)15(16,17)18;1-2/h4-9H,10H2,1-3H3;1-2H3/b9-8+;. The number of ketones is 1. The maximum Gasteiger partial charge on any atom is 0.416 e. The molecule has 0 amide bonds. The van der Waals surface area contributed by atoms with Gasteiger partial charge in [0.15, 0.2) is 5.78 Å². The topological polar surface area (TPSA) is 17.1 Å². The number of hydrogen-bond acceptors (Lipinski definition) is 2. The van der Waals surface area contributed by atoms with E-state index in [0.717, 1.165) is 17.0 Å². The summed E-state index contributed by atoms with van der Waals surface area (Å²) in [6.45, 7) is 9.43. The average Bonchev–Trinajstić information content (AvgIpc) is 2.45. The van der Waals surface area contributed by atoms with Crippen molar-refractivity contribution in [2.24, 2.45) is 5.41 Å². The van der Waals surface area contributed by atoms with Gasteiger partial charge in [0.1, 0.15) is 0 Å². The lowest BCUT2D eigenvalue weighted by Crippen LogP contribution is -2.11. The van der Waals surface area contributed by atoms with Crippen molar-refractivity contribution in [1.29, 1.82) is 0 Å². The van der Waals surface area contributed by atoms with Crippen LogP contribution >= 0.6 is 11.8 Å². The number of rotatable bonds is 5. The predicted octanol–water partition coefficient (Wildman–Crippen LogP) is 6.00. The molecule has 0 atom stereocenters. The summed E-state index contributed by atoms with van der Waals surface area (Å²) in [5, 5.41) is 0. The SMILES string of the molecule is CC.CC(=O)/C=C/C(C)(C)CSc1ccc(C(F)(F)F)cc1. The Morgan fingerprint density at radius 1 is 1.14 bits per heavy atom. The zero-order valence-corrected chi connectivity index (χ0v) is 14.4. The fraction of sp³-hybridized carbons (Fsp3) is 0.471. The Bertz CT molecular complexity index is 488. The summed E-state index contributed by atoms with van der Waals surface area (Å²) in [5.41, 5.74) is -0.837. The smallest absolute Gasteiger partial charge is 0.295 e. The third-order valence-electron chi connectivity index (χ3n) is 2.56. The third-order valence-corrected chi connectivity index (χ3v) is 4.06. The van der Waals surface area contributed by atoms with E-state index in [0.29, 0.717) is 5.75 Å². The van der Waals surface area contributed by atoms with Crippen molar-refractivity contribution in [3.8, 4) is 0 Å². The van der Waals surface area contributed by atoms with E-state index in [4.69, 9.17) is 0 Å². The molecular weight excluding hydrogens is 309 g/mol. The number of allylic oxidation sites excluding steroid dienone is 2. The molecule has 22 heavy (non-hydrogen) atoms. The van der Waals surface area contributed by atoms with E-state index >= 15 is 0 Å². The molecule has 1 rings (SSSR count). The van der Waals surface area contributed by atoms with Crippen LogP contribution in [0.4, 0.5) is 13.2 Å². The Balaban J connectivity index is 0.00000211. The van der Waals surface area contributed by atoms with Crippen LogP contribution in [0.1, 0.15) is 40.2 Å². The van der Waals surface area contributed by atoms with E-state index in [1.807, 2.05) is 33.8 Å². The van der Waals surface area contributed by atoms with Crippen LogP contribution in [-0.2, 0) is 11.0 Å². The molecule has 124 valence electrons. The van der Waals surface area contributed by atoms with Gasteiger partial charge in [0.05, 0.1) is 5.56 Å². The number of alkyl halides is 3. The van der Waals surface area contributed by atoms with Crippen LogP contribution in [0.15, 0.2) is 41.3 Å². The molecule has 1 aromatic carbocycles. The lowest BCUT2D eigenvalue weighted by atomic mass is 9.95. The Morgan fingerprint density at radius 3 is 2.05 bits per heavy atom. The second kappa shape index (κ2) is 9.03. The maximum absolute atomic E-state index is 12.4. The van der Waals surface area contributed by atoms with Crippen LogP contribution in [0.2, 0.25) is 0 Å². The second-order valence-electron chi connectivity index (χ2n) is 5.24. The molecule has 0 saturated carbocycles. The van der Waals surface area contributed by atoms with E-state index in [9.17, 15) is 18.0 Å². The van der Waals surface area contributed by atoms with Crippen LogP contribution in [0, 0.1) is 5.41 Å². The zero-order chi connectivity index (χ0) is 17.4. The van der Waals surface area contributed by atoms with Gasteiger partial charge in [-0.3, -0.25) is 4.79 Å². The normalized spacial score (nSPS) is 12.0. The minimum atomic E-state index is -4.30. The molecule has 0 N–H and O–H groups in total. The monoisotopic (exact) mass is 332 g/mol. The van der Waals surface area contributed by atoms with Crippen molar-refractivity contribution in [1.82, 2.24) is 0 Å². The average molecular weight is 332 g/mol. The first-order chi connectivity index (χ1) is 10.1. The van der Waals surface area contributed by atoms with Gasteiger partial charge >= 0.3 is 6.18 Å². The third kappa shape index (κ3) is 8.27. The largest absolute Gasteiger partial charge is 0.416 e. The van der Waals surface area contributed by atoms with Crippen LogP contribution in [0.5, 0.6) is 0 Å². The Labute approximate surface area is 135 Å². The van der Waals surface area contributed by atoms with Crippen LogP contribution in [0.25, 0.3) is 0 Å². The molecule has 1 aromatic rings. The number of thioether (sulfide) groups is 1. The van der Waals surface area contributed by atoms with Crippen molar-refractivity contribution in [3.63, 3.8) is 0 Å². The number of halogens is 3. The van der Waals surface area contributed by atoms with Gasteiger partial charge in [0.2, 0.25) is 0 Å². The van der Waals surface area contributed by atoms with Crippen molar-refractivity contribution in [2.45, 2.75) is 45.7 Å². The van der Waals surface area contributed by atoms with E-state index in [2.05, 4.69) is 0 Å². The minimum absolute atomic E-state index is 0.0161. The molecule has 1 nitrogen and oxygen atoms in total. The molecule has 0 aliphatic heterocycles. The minimum Gasteiger partial charge on any atom is -0.295 e. The maximum atomic E-state index is 12.4. The van der Waals surface area contributed by atoms with E-state index in [1.54, 1.807) is 0 Å². The van der Waals surface area contributed by atoms with Gasteiger partial charge in [-0.05, 0) is 42.7 Å². The van der Waals surface area contributed by atoms with Gasteiger partial charge in [-0.15, -0.1) is 11.8 Å². The second-order valence-corrected chi connectivity index (χ2v) is 6.29. The summed E-state index contributed by atoms with van der Waals surface area (Å²) in [5.74, 6) is 0.667. The van der Waals surface area contributed by atoms with Gasteiger partial charge in [-0.1, -0.05) is 33.8 Å². The highest BCUT2D eigenvalue weighted by Gasteiger charge is 2.30. The molecule has 0 aliphatic rings. The van der Waals surface area contributed by atoms with Gasteiger partial charge in [-0.2, -0.15) is 13.2 Å². The number of carbonyl (C=O) groups is 1. The van der Waals surface area contributed by atoms with Gasteiger partial charge in [0, 0.05) is 10.6 Å². The number of carbonyl (C=O) groups excluding carboxylic acids is 1. The first-order valence-corrected chi connectivity index (χ1v) is 8.09. The molecular formula is C17H23F3OS. The van der Waals surface area contributed by atoms with E-state index < -0.39 is 11.7 Å². The fourth-order valence-corrected chi connectivity index (χ4v) is 2.36. The lowest BCUT2D eigenvalue weighted by Gasteiger charge is -2.19. The molecule has 0 heterocycles. The summed E-state index contributed by atoms with van der Waals surface area (Å²) in [7, 11) is 0. The quantitative estimate of drug-likeness (QED) is 0.486. The summed E-state index contributed by atoms with van der Waals surface area (Å²) in [6.07, 6.45) is -0.952. The number of hydrogen-bond donors (Lipinski definition) is 0. The molecule has 0 unspecified atom stereocenters. The van der Waals surface area contributed by atoms with E-state index in [-0.39, 0.29) is 11.2 Å². The first-order valence-electron chi connectivity index (χ1n) is 7.10. The first kappa shape index (κ1) is 20.8. The van der Waals surface area contributed by atoms with Crippen LogP contribution in [0.3, 0.4) is 0 Å². The Morgan fingerprint density at radius 2 is 1.64 bits per heavy atom. The van der Waals surface area contributed by atoms with Crippen LogP contribution in [-0.4, -0.2) is 11.5 Å². The van der Waals surface area contributed by atoms with Gasteiger partial charge < -0.3 is 0 Å². The molecule has 0 fully saturated rings. The van der Waals surface area contributed by atoms with Crippen molar-refractivity contribution in [2.75, 3.05) is 5.75 Å². The van der Waals surface area contributed by atoms with Gasteiger partial charge in [-0.25, -0.2) is 0 Å². The molecule has 0 saturated heterocycles. The summed E-state index contributed by atoms with van der Waals surface area (Å²) < 4.78 is 37.3.